The van der Waals surface area contributed by atoms with Gasteiger partial charge in [0.15, 0.2) is 3.92 Å². The molecule has 0 N–H and O–H groups in total. The Bertz CT molecular complexity index is 242. The van der Waals surface area contributed by atoms with E-state index in [9.17, 15) is 0 Å². The fraction of sp³-hybridized carbons (Fsp3) is 0.714. The van der Waals surface area contributed by atoms with Gasteiger partial charge in [0.25, 0.3) is 0 Å². The summed E-state index contributed by atoms with van der Waals surface area (Å²) in [5.74, 6) is 1.71. The number of halogens is 1. The Morgan fingerprint density at radius 3 is 2.64 bits per heavy atom. The van der Waals surface area contributed by atoms with Gasteiger partial charge >= 0.3 is 0 Å². The molecule has 60 valence electrons. The van der Waals surface area contributed by atoms with Crippen LogP contribution in [0.4, 0.5) is 0 Å². The first-order chi connectivity index (χ1) is 5.36. The molecule has 0 spiro atoms. The van der Waals surface area contributed by atoms with Crippen LogP contribution in [0.2, 0.25) is 0 Å². The molecule has 0 bridgehead atoms. The molecule has 1 aromatic heterocycles. The van der Waals surface area contributed by atoms with Gasteiger partial charge in [-0.25, -0.2) is 4.98 Å². The van der Waals surface area contributed by atoms with Crippen molar-refractivity contribution in [3.8, 4) is 0 Å². The monoisotopic (exact) mass is 232 g/mol. The van der Waals surface area contributed by atoms with Crippen molar-refractivity contribution in [1.29, 1.82) is 0 Å². The molecule has 1 aliphatic carbocycles. The van der Waals surface area contributed by atoms with Gasteiger partial charge in [-0.05, 0) is 40.3 Å². The van der Waals surface area contributed by atoms with Crippen LogP contribution < -0.4 is 0 Å². The maximum atomic E-state index is 4.32. The molecule has 0 atom stereocenters. The molecule has 2 nitrogen and oxygen atoms in total. The van der Waals surface area contributed by atoms with Crippen LogP contribution in [0.25, 0.3) is 0 Å². The Hall–Kier alpha value is 0.0400. The summed E-state index contributed by atoms with van der Waals surface area (Å²) in [6, 6.07) is 0. The molecule has 0 aliphatic heterocycles. The zero-order valence-electron chi connectivity index (χ0n) is 6.09. The van der Waals surface area contributed by atoms with Crippen LogP contribution in [-0.2, 0) is 0 Å². The van der Waals surface area contributed by atoms with E-state index in [1.54, 1.807) is 0 Å². The van der Waals surface area contributed by atoms with Crippen LogP contribution in [0.15, 0.2) is 3.92 Å². The predicted molar refractivity (Wildman–Crippen MR) is 48.8 cm³/mol. The average Bonchev–Trinajstić information content (AvgIpc) is 2.55. The second-order valence-corrected chi connectivity index (χ2v) is 4.91. The predicted octanol–water partition coefficient (Wildman–Crippen LogP) is 2.96. The highest BCUT2D eigenvalue weighted by Crippen LogP contribution is 2.33. The van der Waals surface area contributed by atoms with E-state index in [0.717, 1.165) is 9.74 Å². The maximum absolute atomic E-state index is 4.32. The Labute approximate surface area is 78.3 Å². The normalized spacial score (nSPS) is 19.4. The van der Waals surface area contributed by atoms with E-state index in [0.29, 0.717) is 5.92 Å². The van der Waals surface area contributed by atoms with Crippen molar-refractivity contribution >= 4 is 27.5 Å². The molecule has 0 saturated heterocycles. The molecule has 1 fully saturated rings. The van der Waals surface area contributed by atoms with Crippen LogP contribution in [0.5, 0.6) is 0 Å². The third-order valence-corrected chi connectivity index (χ3v) is 3.27. The van der Waals surface area contributed by atoms with E-state index in [1.165, 1.54) is 37.2 Å². The van der Waals surface area contributed by atoms with Gasteiger partial charge in [-0.2, -0.15) is 4.37 Å². The fourth-order valence-corrected chi connectivity index (χ4v) is 2.46. The van der Waals surface area contributed by atoms with Gasteiger partial charge in [-0.15, -0.1) is 0 Å². The zero-order valence-corrected chi connectivity index (χ0v) is 8.49. The lowest BCUT2D eigenvalue weighted by Gasteiger charge is -2.00. The Morgan fingerprint density at radius 2 is 2.09 bits per heavy atom. The van der Waals surface area contributed by atoms with Crippen LogP contribution in [-0.4, -0.2) is 9.36 Å². The van der Waals surface area contributed by atoms with Crippen molar-refractivity contribution in [1.82, 2.24) is 9.36 Å². The van der Waals surface area contributed by atoms with E-state index in [4.69, 9.17) is 0 Å². The summed E-state index contributed by atoms with van der Waals surface area (Å²) in [5.41, 5.74) is 0. The van der Waals surface area contributed by atoms with Gasteiger partial charge in [0.05, 0.1) is 0 Å². The quantitative estimate of drug-likeness (QED) is 0.745. The second-order valence-electron chi connectivity index (χ2n) is 2.89. The molecule has 0 aromatic carbocycles. The van der Waals surface area contributed by atoms with Gasteiger partial charge in [0, 0.05) is 5.92 Å². The smallest absolute Gasteiger partial charge is 0.179 e. The van der Waals surface area contributed by atoms with E-state index in [1.807, 2.05) is 0 Å². The second kappa shape index (κ2) is 3.19. The first-order valence-electron chi connectivity index (χ1n) is 3.85. The highest BCUT2D eigenvalue weighted by Gasteiger charge is 2.20. The van der Waals surface area contributed by atoms with Crippen LogP contribution >= 0.6 is 27.5 Å². The minimum atomic E-state index is 0.651. The summed E-state index contributed by atoms with van der Waals surface area (Å²) in [5, 5.41) is 0. The minimum Gasteiger partial charge on any atom is -0.212 e. The lowest BCUT2D eigenvalue weighted by Crippen LogP contribution is -1.93. The van der Waals surface area contributed by atoms with Crippen molar-refractivity contribution in [2.45, 2.75) is 31.6 Å². The zero-order chi connectivity index (χ0) is 7.68. The van der Waals surface area contributed by atoms with Crippen molar-refractivity contribution in [3.63, 3.8) is 0 Å². The molecular formula is C7H9BrN2S. The standard InChI is InChI=1S/C7H9BrN2S/c8-7-9-6(10-11-7)5-3-1-2-4-5/h5H,1-4H2. The highest BCUT2D eigenvalue weighted by atomic mass is 79.9. The topological polar surface area (TPSA) is 25.8 Å². The molecule has 2 rings (SSSR count). The lowest BCUT2D eigenvalue weighted by atomic mass is 10.1. The van der Waals surface area contributed by atoms with E-state index >= 15 is 0 Å². The summed E-state index contributed by atoms with van der Waals surface area (Å²) in [7, 11) is 0. The first-order valence-corrected chi connectivity index (χ1v) is 5.42. The number of nitrogens with zero attached hydrogens (tertiary/aromatic N) is 2. The van der Waals surface area contributed by atoms with Gasteiger partial charge in [0.1, 0.15) is 5.82 Å². The van der Waals surface area contributed by atoms with E-state index in [2.05, 4.69) is 25.3 Å². The van der Waals surface area contributed by atoms with Crippen molar-refractivity contribution < 1.29 is 0 Å². The molecule has 4 heteroatoms. The third-order valence-electron chi connectivity index (χ3n) is 2.14. The summed E-state index contributed by atoms with van der Waals surface area (Å²) in [6.45, 7) is 0. The van der Waals surface area contributed by atoms with Gasteiger partial charge < -0.3 is 0 Å². The van der Waals surface area contributed by atoms with Crippen LogP contribution in [0.3, 0.4) is 0 Å². The minimum absolute atomic E-state index is 0.651. The van der Waals surface area contributed by atoms with Crippen molar-refractivity contribution in [3.05, 3.63) is 9.74 Å². The third kappa shape index (κ3) is 1.62. The molecule has 1 aromatic rings. The molecule has 11 heavy (non-hydrogen) atoms. The van der Waals surface area contributed by atoms with Gasteiger partial charge in [0.2, 0.25) is 0 Å². The Morgan fingerprint density at radius 1 is 1.36 bits per heavy atom. The van der Waals surface area contributed by atoms with Crippen LogP contribution in [0, 0.1) is 0 Å². The van der Waals surface area contributed by atoms with E-state index < -0.39 is 0 Å². The van der Waals surface area contributed by atoms with Gasteiger partial charge in [-0.1, -0.05) is 12.8 Å². The van der Waals surface area contributed by atoms with Crippen LogP contribution in [0.1, 0.15) is 37.4 Å². The SMILES string of the molecule is Brc1nc(C2CCCC2)ns1. The molecule has 0 unspecified atom stereocenters. The van der Waals surface area contributed by atoms with Gasteiger partial charge in [-0.3, -0.25) is 0 Å². The summed E-state index contributed by atoms with van der Waals surface area (Å²) in [4.78, 5) is 4.32. The first kappa shape index (κ1) is 7.68. The molecule has 1 saturated carbocycles. The van der Waals surface area contributed by atoms with E-state index in [-0.39, 0.29) is 0 Å². The Kier molecular flexibility index (Phi) is 2.23. The number of aromatic nitrogens is 2. The molecular weight excluding hydrogens is 224 g/mol. The average molecular weight is 233 g/mol. The largest absolute Gasteiger partial charge is 0.212 e. The molecule has 0 radical (unpaired) electrons. The number of rotatable bonds is 1. The van der Waals surface area contributed by atoms with Crippen molar-refractivity contribution in [2.75, 3.05) is 0 Å². The summed E-state index contributed by atoms with van der Waals surface area (Å²) in [6.07, 6.45) is 5.26. The highest BCUT2D eigenvalue weighted by molar-refractivity contribution is 9.11. The molecule has 0 amide bonds. The van der Waals surface area contributed by atoms with Crippen molar-refractivity contribution in [2.24, 2.45) is 0 Å². The summed E-state index contributed by atoms with van der Waals surface area (Å²) >= 11 is 4.77. The maximum Gasteiger partial charge on any atom is 0.179 e. The molecule has 1 heterocycles. The number of hydrogen-bond acceptors (Lipinski definition) is 3. The summed E-state index contributed by atoms with van der Waals surface area (Å²) < 4.78 is 5.20. The molecule has 1 aliphatic rings. The number of hydrogen-bond donors (Lipinski definition) is 0. The Balaban J connectivity index is 2.15. The lowest BCUT2D eigenvalue weighted by molar-refractivity contribution is 0.680. The fourth-order valence-electron chi connectivity index (χ4n) is 1.57.